The Morgan fingerprint density at radius 2 is 2.21 bits per heavy atom. The Kier molecular flexibility index (Phi) is 3.56. The van der Waals surface area contributed by atoms with Gasteiger partial charge in [-0.05, 0) is 19.1 Å². The molecule has 0 aromatic carbocycles. The number of amides is 1. The van der Waals surface area contributed by atoms with Crippen molar-refractivity contribution in [2.45, 2.75) is 26.1 Å². The van der Waals surface area contributed by atoms with E-state index in [-0.39, 0.29) is 11.9 Å². The third-order valence-corrected chi connectivity index (χ3v) is 4.31. The van der Waals surface area contributed by atoms with E-state index in [1.54, 1.807) is 29.3 Å². The third-order valence-electron chi connectivity index (χ3n) is 4.31. The van der Waals surface area contributed by atoms with Gasteiger partial charge in [0, 0.05) is 19.3 Å². The summed E-state index contributed by atoms with van der Waals surface area (Å²) in [7, 11) is 0. The van der Waals surface area contributed by atoms with Crippen LogP contribution in [0.4, 0.5) is 0 Å². The zero-order chi connectivity index (χ0) is 16.5. The number of hydrogen-bond donors (Lipinski definition) is 0. The second kappa shape index (κ2) is 5.88. The fraction of sp³-hybridized carbons (Fsp3) is 0.312. The van der Waals surface area contributed by atoms with Gasteiger partial charge in [-0.3, -0.25) is 9.78 Å². The summed E-state index contributed by atoms with van der Waals surface area (Å²) >= 11 is 0. The highest BCUT2D eigenvalue weighted by atomic mass is 16.2. The SMILES string of the molecule is C[C@@H]1c2ncc(Cn3cncn3)n2CCN1C(=O)c1ccccn1. The molecule has 8 nitrogen and oxygen atoms in total. The third kappa shape index (κ3) is 2.45. The molecule has 1 atom stereocenters. The van der Waals surface area contributed by atoms with E-state index in [9.17, 15) is 4.79 Å². The molecule has 0 saturated carbocycles. The Bertz CT molecular complexity index is 841. The quantitative estimate of drug-likeness (QED) is 0.722. The van der Waals surface area contributed by atoms with Crippen LogP contribution in [0.5, 0.6) is 0 Å². The van der Waals surface area contributed by atoms with E-state index in [1.165, 1.54) is 6.33 Å². The summed E-state index contributed by atoms with van der Waals surface area (Å²) < 4.78 is 3.93. The van der Waals surface area contributed by atoms with Gasteiger partial charge in [-0.15, -0.1) is 0 Å². The molecule has 0 fully saturated rings. The van der Waals surface area contributed by atoms with Gasteiger partial charge in [0.25, 0.3) is 5.91 Å². The maximum absolute atomic E-state index is 12.7. The van der Waals surface area contributed by atoms with Crippen molar-refractivity contribution in [2.24, 2.45) is 0 Å². The molecule has 4 rings (SSSR count). The minimum atomic E-state index is -0.0993. The van der Waals surface area contributed by atoms with Crippen molar-refractivity contribution in [2.75, 3.05) is 6.54 Å². The molecule has 3 aromatic rings. The number of pyridine rings is 1. The minimum Gasteiger partial charge on any atom is -0.327 e. The van der Waals surface area contributed by atoms with Crippen LogP contribution in [0.25, 0.3) is 0 Å². The summed E-state index contributed by atoms with van der Waals surface area (Å²) in [5.74, 6) is 0.829. The average Bonchev–Trinajstić information content (AvgIpc) is 3.27. The highest BCUT2D eigenvalue weighted by Crippen LogP contribution is 2.26. The Morgan fingerprint density at radius 1 is 1.29 bits per heavy atom. The molecule has 0 saturated heterocycles. The topological polar surface area (TPSA) is 81.7 Å². The first-order chi connectivity index (χ1) is 11.7. The van der Waals surface area contributed by atoms with Crippen molar-refractivity contribution >= 4 is 5.91 Å². The Balaban J connectivity index is 1.58. The normalized spacial score (nSPS) is 16.9. The maximum Gasteiger partial charge on any atom is 0.273 e. The Morgan fingerprint density at radius 3 is 2.96 bits per heavy atom. The van der Waals surface area contributed by atoms with Gasteiger partial charge < -0.3 is 9.47 Å². The zero-order valence-electron chi connectivity index (χ0n) is 13.3. The summed E-state index contributed by atoms with van der Waals surface area (Å²) in [4.78, 5) is 27.2. The largest absolute Gasteiger partial charge is 0.327 e. The van der Waals surface area contributed by atoms with Crippen LogP contribution >= 0.6 is 0 Å². The summed E-state index contributed by atoms with van der Waals surface area (Å²) in [6.07, 6.45) is 6.69. The van der Waals surface area contributed by atoms with Gasteiger partial charge in [0.1, 0.15) is 24.2 Å². The second-order valence-electron chi connectivity index (χ2n) is 5.74. The molecule has 122 valence electrons. The number of carbonyl (C=O) groups excluding carboxylic acids is 1. The van der Waals surface area contributed by atoms with Gasteiger partial charge in [0.2, 0.25) is 0 Å². The molecular formula is C16H17N7O. The number of rotatable bonds is 3. The van der Waals surface area contributed by atoms with Crippen LogP contribution in [0.15, 0.2) is 43.2 Å². The van der Waals surface area contributed by atoms with Crippen LogP contribution in [0.1, 0.15) is 35.0 Å². The predicted molar refractivity (Wildman–Crippen MR) is 85.0 cm³/mol. The van der Waals surface area contributed by atoms with Gasteiger partial charge in [-0.2, -0.15) is 5.10 Å². The lowest BCUT2D eigenvalue weighted by Crippen LogP contribution is -2.41. The van der Waals surface area contributed by atoms with E-state index in [4.69, 9.17) is 0 Å². The number of aromatic nitrogens is 6. The Labute approximate surface area is 138 Å². The van der Waals surface area contributed by atoms with Crippen molar-refractivity contribution in [1.82, 2.24) is 34.2 Å². The second-order valence-corrected chi connectivity index (χ2v) is 5.74. The van der Waals surface area contributed by atoms with E-state index in [0.717, 1.165) is 11.5 Å². The molecule has 4 heterocycles. The van der Waals surface area contributed by atoms with Crippen molar-refractivity contribution in [3.8, 4) is 0 Å². The Hall–Kier alpha value is -3.03. The minimum absolute atomic E-state index is 0.0600. The summed E-state index contributed by atoms with van der Waals surface area (Å²) in [5, 5.41) is 4.13. The van der Waals surface area contributed by atoms with E-state index in [2.05, 4.69) is 24.6 Å². The van der Waals surface area contributed by atoms with Crippen LogP contribution in [0.2, 0.25) is 0 Å². The lowest BCUT2D eigenvalue weighted by Gasteiger charge is -2.34. The molecule has 0 bridgehead atoms. The molecule has 3 aromatic heterocycles. The molecule has 8 heteroatoms. The highest BCUT2D eigenvalue weighted by Gasteiger charge is 2.31. The molecule has 24 heavy (non-hydrogen) atoms. The first-order valence-electron chi connectivity index (χ1n) is 7.83. The van der Waals surface area contributed by atoms with Crippen LogP contribution in [0, 0.1) is 0 Å². The number of fused-ring (bicyclic) bond motifs is 1. The fourth-order valence-electron chi connectivity index (χ4n) is 3.08. The first kappa shape index (κ1) is 14.6. The highest BCUT2D eigenvalue weighted by molar-refractivity contribution is 5.92. The molecule has 0 aliphatic carbocycles. The van der Waals surface area contributed by atoms with Crippen LogP contribution in [-0.2, 0) is 13.1 Å². The maximum atomic E-state index is 12.7. The van der Waals surface area contributed by atoms with Crippen molar-refractivity contribution in [3.05, 3.63) is 60.5 Å². The van der Waals surface area contributed by atoms with Crippen LogP contribution in [-0.4, -0.2) is 46.7 Å². The van der Waals surface area contributed by atoms with E-state index >= 15 is 0 Å². The number of nitrogens with zero attached hydrogens (tertiary/aromatic N) is 7. The fourth-order valence-corrected chi connectivity index (χ4v) is 3.08. The van der Waals surface area contributed by atoms with Gasteiger partial charge >= 0.3 is 0 Å². The molecule has 1 amide bonds. The standard InChI is InChI=1S/C16H17N7O/c1-12-15-19-8-13(9-21-11-17-10-20-21)23(15)7-6-22(12)16(24)14-4-2-3-5-18-14/h2-5,8,10-12H,6-7,9H2,1H3/t12-/m1/s1. The predicted octanol–water partition coefficient (Wildman–Crippen LogP) is 1.13. The van der Waals surface area contributed by atoms with Crippen molar-refractivity contribution in [3.63, 3.8) is 0 Å². The monoisotopic (exact) mass is 323 g/mol. The average molecular weight is 323 g/mol. The van der Waals surface area contributed by atoms with E-state index < -0.39 is 0 Å². The number of imidazole rings is 1. The first-order valence-corrected chi connectivity index (χ1v) is 7.83. The van der Waals surface area contributed by atoms with E-state index in [1.807, 2.05) is 24.1 Å². The van der Waals surface area contributed by atoms with Gasteiger partial charge in [0.15, 0.2) is 0 Å². The number of hydrogen-bond acceptors (Lipinski definition) is 5. The summed E-state index contributed by atoms with van der Waals surface area (Å²) in [5.41, 5.74) is 1.53. The molecule has 0 radical (unpaired) electrons. The lowest BCUT2D eigenvalue weighted by atomic mass is 10.2. The van der Waals surface area contributed by atoms with Gasteiger partial charge in [-0.25, -0.2) is 14.6 Å². The van der Waals surface area contributed by atoms with Crippen molar-refractivity contribution < 1.29 is 4.79 Å². The van der Waals surface area contributed by atoms with Crippen LogP contribution in [0.3, 0.4) is 0 Å². The molecule has 0 N–H and O–H groups in total. The molecular weight excluding hydrogens is 306 g/mol. The zero-order valence-corrected chi connectivity index (χ0v) is 13.3. The summed E-state index contributed by atoms with van der Waals surface area (Å²) in [6, 6.07) is 5.27. The number of carbonyl (C=O) groups is 1. The van der Waals surface area contributed by atoms with Gasteiger partial charge in [0.05, 0.1) is 24.5 Å². The molecule has 1 aliphatic rings. The lowest BCUT2D eigenvalue weighted by molar-refractivity contribution is 0.0630. The van der Waals surface area contributed by atoms with Crippen LogP contribution < -0.4 is 0 Å². The molecule has 0 unspecified atom stereocenters. The molecule has 1 aliphatic heterocycles. The van der Waals surface area contributed by atoms with Crippen molar-refractivity contribution in [1.29, 1.82) is 0 Å². The molecule has 0 spiro atoms. The van der Waals surface area contributed by atoms with E-state index in [0.29, 0.717) is 25.3 Å². The summed E-state index contributed by atoms with van der Waals surface area (Å²) in [6.45, 7) is 3.96. The smallest absolute Gasteiger partial charge is 0.273 e. The van der Waals surface area contributed by atoms with Gasteiger partial charge in [-0.1, -0.05) is 6.07 Å².